The fourth-order valence-corrected chi connectivity index (χ4v) is 3.28. The van der Waals surface area contributed by atoms with Crippen molar-refractivity contribution in [1.82, 2.24) is 0 Å². The van der Waals surface area contributed by atoms with Gasteiger partial charge in [-0.05, 0) is 37.5 Å². The van der Waals surface area contributed by atoms with Gasteiger partial charge in [-0.15, -0.1) is 0 Å². The van der Waals surface area contributed by atoms with Gasteiger partial charge in [-0.3, -0.25) is 4.79 Å². The molecule has 0 aliphatic heterocycles. The van der Waals surface area contributed by atoms with E-state index >= 15 is 0 Å². The van der Waals surface area contributed by atoms with Gasteiger partial charge in [0.2, 0.25) is 0 Å². The molecule has 0 saturated heterocycles. The van der Waals surface area contributed by atoms with Crippen LogP contribution in [0, 0.1) is 11.3 Å². The van der Waals surface area contributed by atoms with Gasteiger partial charge in [0.15, 0.2) is 0 Å². The summed E-state index contributed by atoms with van der Waals surface area (Å²) in [5.41, 5.74) is 6.17. The van der Waals surface area contributed by atoms with Crippen LogP contribution in [0.15, 0.2) is 0 Å². The Morgan fingerprint density at radius 3 is 2.53 bits per heavy atom. The summed E-state index contributed by atoms with van der Waals surface area (Å²) < 4.78 is 0. The van der Waals surface area contributed by atoms with E-state index in [1.165, 1.54) is 25.7 Å². The maximum absolute atomic E-state index is 12.1. The molecule has 0 spiro atoms. The van der Waals surface area contributed by atoms with Crippen molar-refractivity contribution in [2.45, 2.75) is 64.3 Å². The van der Waals surface area contributed by atoms with Gasteiger partial charge in [0.25, 0.3) is 0 Å². The molecule has 0 heterocycles. The molecule has 2 saturated carbocycles. The van der Waals surface area contributed by atoms with Crippen LogP contribution in [0.25, 0.3) is 0 Å². The molecule has 0 radical (unpaired) electrons. The Kier molecular flexibility index (Phi) is 3.15. The summed E-state index contributed by atoms with van der Waals surface area (Å²) in [5.74, 6) is 0.782. The molecule has 0 aromatic carbocycles. The van der Waals surface area contributed by atoms with E-state index in [1.54, 1.807) is 0 Å². The normalized spacial score (nSPS) is 34.5. The zero-order chi connectivity index (χ0) is 10.9. The summed E-state index contributed by atoms with van der Waals surface area (Å²) in [5, 5.41) is 0. The molecular weight excluding hydrogens is 186 g/mol. The first-order valence-electron chi connectivity index (χ1n) is 6.37. The Morgan fingerprint density at radius 2 is 2.00 bits per heavy atom. The molecule has 2 heteroatoms. The van der Waals surface area contributed by atoms with E-state index < -0.39 is 0 Å². The van der Waals surface area contributed by atoms with Gasteiger partial charge in [-0.25, -0.2) is 0 Å². The molecule has 2 rings (SSSR count). The second-order valence-electron chi connectivity index (χ2n) is 5.93. The van der Waals surface area contributed by atoms with Crippen molar-refractivity contribution in [3.63, 3.8) is 0 Å². The Balaban J connectivity index is 1.86. The average molecular weight is 209 g/mol. The van der Waals surface area contributed by atoms with Crippen molar-refractivity contribution in [2.75, 3.05) is 0 Å². The van der Waals surface area contributed by atoms with Crippen LogP contribution in [-0.4, -0.2) is 11.8 Å². The van der Waals surface area contributed by atoms with Gasteiger partial charge in [0, 0.05) is 18.4 Å². The third-order valence-corrected chi connectivity index (χ3v) is 4.34. The number of ketones is 1. The van der Waals surface area contributed by atoms with E-state index in [0.29, 0.717) is 11.2 Å². The highest BCUT2D eigenvalue weighted by atomic mass is 16.1. The minimum absolute atomic E-state index is 0.287. The van der Waals surface area contributed by atoms with E-state index in [9.17, 15) is 4.79 Å². The minimum Gasteiger partial charge on any atom is -0.328 e. The van der Waals surface area contributed by atoms with Crippen LogP contribution in [0.4, 0.5) is 0 Å². The van der Waals surface area contributed by atoms with Crippen LogP contribution in [0.5, 0.6) is 0 Å². The van der Waals surface area contributed by atoms with E-state index in [1.807, 2.05) is 0 Å². The first-order valence-corrected chi connectivity index (χ1v) is 6.37. The highest BCUT2D eigenvalue weighted by Crippen LogP contribution is 2.42. The molecule has 2 aliphatic rings. The Hall–Kier alpha value is -0.370. The van der Waals surface area contributed by atoms with Gasteiger partial charge < -0.3 is 5.73 Å². The largest absolute Gasteiger partial charge is 0.328 e. The molecule has 0 aromatic heterocycles. The van der Waals surface area contributed by atoms with Crippen molar-refractivity contribution in [1.29, 1.82) is 0 Å². The topological polar surface area (TPSA) is 43.1 Å². The summed E-state index contributed by atoms with van der Waals surface area (Å²) in [7, 11) is 0. The fourth-order valence-electron chi connectivity index (χ4n) is 3.28. The van der Waals surface area contributed by atoms with Crippen molar-refractivity contribution < 1.29 is 4.79 Å². The van der Waals surface area contributed by atoms with Crippen molar-refractivity contribution in [2.24, 2.45) is 17.1 Å². The van der Waals surface area contributed by atoms with E-state index in [0.717, 1.165) is 25.7 Å². The SMILES string of the molecule is CC1(CC(=O)C2CCC(N)C2)CCCC1. The summed E-state index contributed by atoms with van der Waals surface area (Å²) in [6.45, 7) is 2.28. The fraction of sp³-hybridized carbons (Fsp3) is 0.923. The maximum atomic E-state index is 12.1. The molecular formula is C13H23NO. The van der Waals surface area contributed by atoms with Gasteiger partial charge in [0.1, 0.15) is 5.78 Å². The second-order valence-corrected chi connectivity index (χ2v) is 5.93. The van der Waals surface area contributed by atoms with Crippen molar-refractivity contribution >= 4 is 5.78 Å². The quantitative estimate of drug-likeness (QED) is 0.776. The first kappa shape index (κ1) is 11.1. The van der Waals surface area contributed by atoms with Gasteiger partial charge in [-0.2, -0.15) is 0 Å². The number of nitrogens with two attached hydrogens (primary N) is 1. The molecule has 2 nitrogen and oxygen atoms in total. The third-order valence-electron chi connectivity index (χ3n) is 4.34. The first-order chi connectivity index (χ1) is 7.09. The number of carbonyl (C=O) groups excluding carboxylic acids is 1. The molecule has 86 valence electrons. The molecule has 2 atom stereocenters. The number of hydrogen-bond donors (Lipinski definition) is 1. The summed E-state index contributed by atoms with van der Waals surface area (Å²) >= 11 is 0. The maximum Gasteiger partial charge on any atom is 0.136 e. The third kappa shape index (κ3) is 2.60. The molecule has 15 heavy (non-hydrogen) atoms. The second kappa shape index (κ2) is 4.25. The van der Waals surface area contributed by atoms with Crippen LogP contribution in [0.3, 0.4) is 0 Å². The summed E-state index contributed by atoms with van der Waals surface area (Å²) in [4.78, 5) is 12.1. The smallest absolute Gasteiger partial charge is 0.136 e. The zero-order valence-corrected chi connectivity index (χ0v) is 9.80. The lowest BCUT2D eigenvalue weighted by atomic mass is 9.80. The van der Waals surface area contributed by atoms with Crippen LogP contribution in [0.1, 0.15) is 58.3 Å². The predicted molar refractivity (Wildman–Crippen MR) is 61.5 cm³/mol. The summed E-state index contributed by atoms with van der Waals surface area (Å²) in [6, 6.07) is 0.287. The monoisotopic (exact) mass is 209 g/mol. The zero-order valence-electron chi connectivity index (χ0n) is 9.80. The average Bonchev–Trinajstić information content (AvgIpc) is 2.75. The lowest BCUT2D eigenvalue weighted by molar-refractivity contribution is -0.124. The number of rotatable bonds is 3. The molecule has 2 unspecified atom stereocenters. The lowest BCUT2D eigenvalue weighted by Crippen LogP contribution is -2.23. The number of Topliss-reactive ketones (excluding diaryl/α,β-unsaturated/α-hetero) is 1. The highest BCUT2D eigenvalue weighted by Gasteiger charge is 2.35. The lowest BCUT2D eigenvalue weighted by Gasteiger charge is -2.24. The predicted octanol–water partition coefficient (Wildman–Crippen LogP) is 2.65. The van der Waals surface area contributed by atoms with Gasteiger partial charge in [-0.1, -0.05) is 19.8 Å². The van der Waals surface area contributed by atoms with Crippen LogP contribution in [-0.2, 0) is 4.79 Å². The Morgan fingerprint density at radius 1 is 1.33 bits per heavy atom. The Labute approximate surface area is 92.6 Å². The standard InChI is InChI=1S/C13H23NO/c1-13(6-2-3-7-13)9-12(15)10-4-5-11(14)8-10/h10-11H,2-9,14H2,1H3. The number of hydrogen-bond acceptors (Lipinski definition) is 2. The molecule has 2 N–H and O–H groups in total. The van der Waals surface area contributed by atoms with E-state index in [4.69, 9.17) is 5.73 Å². The molecule has 0 aromatic rings. The van der Waals surface area contributed by atoms with E-state index in [2.05, 4.69) is 6.92 Å². The molecule has 0 amide bonds. The van der Waals surface area contributed by atoms with Crippen molar-refractivity contribution in [3.8, 4) is 0 Å². The van der Waals surface area contributed by atoms with Gasteiger partial charge in [0.05, 0.1) is 0 Å². The molecule has 2 aliphatic carbocycles. The number of carbonyl (C=O) groups is 1. The summed E-state index contributed by atoms with van der Waals surface area (Å²) in [6.07, 6.45) is 8.96. The van der Waals surface area contributed by atoms with Crippen LogP contribution in [0.2, 0.25) is 0 Å². The van der Waals surface area contributed by atoms with Gasteiger partial charge >= 0.3 is 0 Å². The highest BCUT2D eigenvalue weighted by molar-refractivity contribution is 5.82. The minimum atomic E-state index is 0.287. The van der Waals surface area contributed by atoms with Crippen LogP contribution >= 0.6 is 0 Å². The van der Waals surface area contributed by atoms with Crippen molar-refractivity contribution in [3.05, 3.63) is 0 Å². The Bertz CT molecular complexity index is 243. The van der Waals surface area contributed by atoms with E-state index in [-0.39, 0.29) is 12.0 Å². The molecule has 2 fully saturated rings. The van der Waals surface area contributed by atoms with Crippen LogP contribution < -0.4 is 5.73 Å². The molecule has 0 bridgehead atoms.